The van der Waals surface area contributed by atoms with Crippen LogP contribution in [-0.2, 0) is 5.41 Å². The fraction of sp³-hybridized carbons (Fsp3) is 0.0145. The van der Waals surface area contributed by atoms with E-state index in [4.69, 9.17) is 8.83 Å². The van der Waals surface area contributed by atoms with Crippen LogP contribution in [0.3, 0.4) is 0 Å². The Morgan fingerprint density at radius 1 is 0.288 bits per heavy atom. The standard InChI is InChI=1S/C69H42N2O2/c1-5-21-43(22-6-1)70(44-23-7-2-8-24-44)47-37-38-51-55(41-47)62-54-32-16-20-36-61(54)73-68(62)65-64-58(69(66(51)65)56-33-17-13-29-48(56)49-30-14-18-34-57(49)69)42-59(71(45-25-9-3-10-26-45)46-27-11-4-12-28-46)53-40-39-52-50-31-15-19-35-60(50)72-67(52)63(53)64/h1-42H. The number of nitrogens with zero attached hydrogens (tertiary/aromatic N) is 2. The van der Waals surface area contributed by atoms with Crippen molar-refractivity contribution in [3.8, 4) is 22.3 Å². The first-order chi connectivity index (χ1) is 36.3. The van der Waals surface area contributed by atoms with Gasteiger partial charge >= 0.3 is 0 Å². The topological polar surface area (TPSA) is 32.8 Å². The van der Waals surface area contributed by atoms with Gasteiger partial charge < -0.3 is 18.6 Å². The van der Waals surface area contributed by atoms with E-state index in [9.17, 15) is 0 Å². The van der Waals surface area contributed by atoms with Crippen LogP contribution in [0.15, 0.2) is 264 Å². The summed E-state index contributed by atoms with van der Waals surface area (Å²) in [5.41, 5.74) is 18.7. The summed E-state index contributed by atoms with van der Waals surface area (Å²) in [6.45, 7) is 0. The lowest BCUT2D eigenvalue weighted by Gasteiger charge is -2.33. The first-order valence-corrected chi connectivity index (χ1v) is 25.1. The Bertz CT molecular complexity index is 4430. The Morgan fingerprint density at radius 3 is 1.38 bits per heavy atom. The highest BCUT2D eigenvalue weighted by Gasteiger charge is 2.55. The van der Waals surface area contributed by atoms with E-state index in [2.05, 4.69) is 265 Å². The number of hydrogen-bond donors (Lipinski definition) is 0. The molecule has 0 bridgehead atoms. The maximum absolute atomic E-state index is 7.49. The molecule has 2 aromatic heterocycles. The van der Waals surface area contributed by atoms with Crippen molar-refractivity contribution in [3.63, 3.8) is 0 Å². The fourth-order valence-corrected chi connectivity index (χ4v) is 13.0. The van der Waals surface area contributed by atoms with Gasteiger partial charge in [0.05, 0.1) is 11.1 Å². The normalized spacial score (nSPS) is 13.0. The Balaban J connectivity index is 1.15. The van der Waals surface area contributed by atoms with E-state index in [1.807, 2.05) is 0 Å². The largest absolute Gasteiger partial charge is 0.455 e. The van der Waals surface area contributed by atoms with Crippen molar-refractivity contribution in [2.24, 2.45) is 0 Å². The molecule has 0 saturated heterocycles. The highest BCUT2D eigenvalue weighted by Crippen LogP contribution is 2.68. The summed E-state index contributed by atoms with van der Waals surface area (Å²) >= 11 is 0. The molecule has 0 amide bonds. The predicted molar refractivity (Wildman–Crippen MR) is 302 cm³/mol. The number of anilines is 6. The molecule has 0 fully saturated rings. The average molecular weight is 931 g/mol. The number of para-hydroxylation sites is 6. The van der Waals surface area contributed by atoms with Gasteiger partial charge in [-0.2, -0.15) is 0 Å². The van der Waals surface area contributed by atoms with Gasteiger partial charge in [-0.3, -0.25) is 0 Å². The number of furan rings is 2. The van der Waals surface area contributed by atoms with Crippen molar-refractivity contribution in [1.29, 1.82) is 0 Å². The van der Waals surface area contributed by atoms with Crippen molar-refractivity contribution >= 4 is 99.5 Å². The van der Waals surface area contributed by atoms with Gasteiger partial charge in [0.2, 0.25) is 0 Å². The molecule has 0 saturated carbocycles. The Kier molecular flexibility index (Phi) is 8.35. The van der Waals surface area contributed by atoms with Crippen LogP contribution >= 0.6 is 0 Å². The molecule has 12 aromatic carbocycles. The molecule has 14 aromatic rings. The van der Waals surface area contributed by atoms with Gasteiger partial charge in [0.25, 0.3) is 0 Å². The van der Waals surface area contributed by atoms with Crippen LogP contribution in [0.1, 0.15) is 22.3 Å². The second kappa shape index (κ2) is 15.2. The molecule has 0 N–H and O–H groups in total. The minimum atomic E-state index is -0.792. The third-order valence-electron chi connectivity index (χ3n) is 15.8. The van der Waals surface area contributed by atoms with Crippen LogP contribution in [0.4, 0.5) is 34.1 Å². The Hall–Kier alpha value is -9.64. The van der Waals surface area contributed by atoms with Gasteiger partial charge in [0.15, 0.2) is 0 Å². The van der Waals surface area contributed by atoms with Crippen LogP contribution in [0.5, 0.6) is 0 Å². The van der Waals surface area contributed by atoms with Crippen molar-refractivity contribution in [2.45, 2.75) is 5.41 Å². The number of fused-ring (bicyclic) bond motifs is 23. The lowest BCUT2D eigenvalue weighted by Crippen LogP contribution is -2.26. The van der Waals surface area contributed by atoms with E-state index in [1.165, 1.54) is 38.8 Å². The van der Waals surface area contributed by atoms with E-state index in [0.717, 1.165) is 105 Å². The molecule has 4 heteroatoms. The van der Waals surface area contributed by atoms with E-state index in [-0.39, 0.29) is 0 Å². The molecule has 0 atom stereocenters. The van der Waals surface area contributed by atoms with E-state index < -0.39 is 5.41 Å². The SMILES string of the molecule is c1ccc(N(c2ccccc2)c2ccc3c4c(c5oc6ccccc6c5c3c2)-c2c(cc(N(c3ccccc3)c3ccccc3)c3ccc5c6ccccc6oc5c23)C42c3ccccc3-c3ccccc32)cc1. The third kappa shape index (κ3) is 5.44. The summed E-state index contributed by atoms with van der Waals surface area (Å²) in [6, 6.07) is 92.5. The summed E-state index contributed by atoms with van der Waals surface area (Å²) < 4.78 is 14.8. The zero-order valence-corrected chi connectivity index (χ0v) is 39.5. The predicted octanol–water partition coefficient (Wildman–Crippen LogP) is 19.1. The first kappa shape index (κ1) is 40.1. The van der Waals surface area contributed by atoms with E-state index in [1.54, 1.807) is 0 Å². The second-order valence-electron chi connectivity index (χ2n) is 19.4. The second-order valence-corrected chi connectivity index (χ2v) is 19.4. The van der Waals surface area contributed by atoms with Gasteiger partial charge in [-0.15, -0.1) is 0 Å². The number of benzene rings is 12. The molecule has 1 spiro atoms. The van der Waals surface area contributed by atoms with Crippen LogP contribution in [-0.4, -0.2) is 0 Å². The van der Waals surface area contributed by atoms with Gasteiger partial charge in [-0.05, 0) is 129 Å². The van der Waals surface area contributed by atoms with Crippen LogP contribution in [0.25, 0.3) is 87.7 Å². The molecule has 0 radical (unpaired) electrons. The zero-order chi connectivity index (χ0) is 47.8. The lowest BCUT2D eigenvalue weighted by molar-refractivity contribution is 0.669. The van der Waals surface area contributed by atoms with E-state index in [0.29, 0.717) is 0 Å². The molecule has 73 heavy (non-hydrogen) atoms. The highest BCUT2D eigenvalue weighted by molar-refractivity contribution is 6.31. The summed E-state index contributed by atoms with van der Waals surface area (Å²) in [5, 5.41) is 8.81. The van der Waals surface area contributed by atoms with Crippen molar-refractivity contribution in [2.75, 3.05) is 9.80 Å². The number of hydrogen-bond acceptors (Lipinski definition) is 4. The molecular weight excluding hydrogens is 889 g/mol. The molecule has 340 valence electrons. The smallest absolute Gasteiger partial charge is 0.144 e. The van der Waals surface area contributed by atoms with Gasteiger partial charge in [0, 0.05) is 71.9 Å². The number of rotatable bonds is 6. The van der Waals surface area contributed by atoms with Gasteiger partial charge in [-0.25, -0.2) is 0 Å². The maximum Gasteiger partial charge on any atom is 0.144 e. The summed E-state index contributed by atoms with van der Waals surface area (Å²) in [6.07, 6.45) is 0. The maximum atomic E-state index is 7.49. The highest BCUT2D eigenvalue weighted by atomic mass is 16.3. The molecular formula is C69H42N2O2. The summed E-state index contributed by atoms with van der Waals surface area (Å²) in [4.78, 5) is 4.80. The fourth-order valence-electron chi connectivity index (χ4n) is 13.0. The summed E-state index contributed by atoms with van der Waals surface area (Å²) in [5.74, 6) is 0. The Morgan fingerprint density at radius 2 is 0.767 bits per heavy atom. The summed E-state index contributed by atoms with van der Waals surface area (Å²) in [7, 11) is 0. The van der Waals surface area contributed by atoms with Gasteiger partial charge in [-0.1, -0.05) is 170 Å². The molecule has 2 aliphatic carbocycles. The monoisotopic (exact) mass is 930 g/mol. The molecule has 2 heterocycles. The van der Waals surface area contributed by atoms with Gasteiger partial charge in [0.1, 0.15) is 22.3 Å². The molecule has 0 aliphatic heterocycles. The lowest BCUT2D eigenvalue weighted by atomic mass is 9.69. The van der Waals surface area contributed by atoms with Crippen molar-refractivity contribution in [3.05, 3.63) is 277 Å². The minimum Gasteiger partial charge on any atom is -0.455 e. The van der Waals surface area contributed by atoms with E-state index >= 15 is 0 Å². The van der Waals surface area contributed by atoms with Crippen LogP contribution in [0.2, 0.25) is 0 Å². The molecule has 4 nitrogen and oxygen atoms in total. The van der Waals surface area contributed by atoms with Crippen LogP contribution in [0, 0.1) is 0 Å². The van der Waals surface area contributed by atoms with Crippen molar-refractivity contribution < 1.29 is 8.83 Å². The molecule has 2 aliphatic rings. The zero-order valence-electron chi connectivity index (χ0n) is 39.5. The Labute approximate surface area is 420 Å². The quantitative estimate of drug-likeness (QED) is 0.166. The average Bonchev–Trinajstić information content (AvgIpc) is 4.33. The molecule has 0 unspecified atom stereocenters. The van der Waals surface area contributed by atoms with Crippen molar-refractivity contribution in [1.82, 2.24) is 0 Å². The third-order valence-corrected chi connectivity index (χ3v) is 15.8. The van der Waals surface area contributed by atoms with Crippen LogP contribution < -0.4 is 9.80 Å². The molecule has 16 rings (SSSR count). The first-order valence-electron chi connectivity index (χ1n) is 25.1. The minimum absolute atomic E-state index is 0.792.